The van der Waals surface area contributed by atoms with Crippen molar-refractivity contribution in [3.8, 4) is 5.75 Å². The first-order valence-electron chi connectivity index (χ1n) is 9.82. The van der Waals surface area contributed by atoms with E-state index in [1.165, 1.54) is 29.2 Å². The summed E-state index contributed by atoms with van der Waals surface area (Å²) in [5, 5.41) is 9.27. The number of nitrogens with zero attached hydrogens (tertiary/aromatic N) is 1. The number of hydrogen-bond donors (Lipinski definition) is 1. The van der Waals surface area contributed by atoms with Crippen LogP contribution in [0.25, 0.3) is 12.2 Å². The van der Waals surface area contributed by atoms with Gasteiger partial charge < -0.3 is 9.84 Å². The van der Waals surface area contributed by atoms with Crippen molar-refractivity contribution < 1.29 is 24.2 Å². The summed E-state index contributed by atoms with van der Waals surface area (Å²) in [4.78, 5) is 38.0. The minimum Gasteiger partial charge on any atom is -0.508 e. The highest BCUT2D eigenvalue weighted by molar-refractivity contribution is 6.11. The molecule has 2 aromatic carbocycles. The molecule has 1 N–H and O–H groups in total. The second-order valence-corrected chi connectivity index (χ2v) is 7.97. The lowest BCUT2D eigenvalue weighted by molar-refractivity contribution is -0.121. The third kappa shape index (κ3) is 7.93. The van der Waals surface area contributed by atoms with Crippen molar-refractivity contribution in [1.29, 1.82) is 0 Å². The van der Waals surface area contributed by atoms with E-state index < -0.39 is 11.7 Å². The lowest BCUT2D eigenvalue weighted by Gasteiger charge is -2.25. The molecule has 0 heterocycles. The number of carbonyl (C=O) groups excluding carboxylic acids is 3. The summed E-state index contributed by atoms with van der Waals surface area (Å²) in [7, 11) is 1.60. The van der Waals surface area contributed by atoms with Gasteiger partial charge in [0, 0.05) is 7.05 Å². The van der Waals surface area contributed by atoms with E-state index in [9.17, 15) is 19.5 Å². The van der Waals surface area contributed by atoms with Crippen LogP contribution in [0.2, 0.25) is 0 Å². The molecule has 0 saturated carbocycles. The van der Waals surface area contributed by atoms with Gasteiger partial charge in [-0.1, -0.05) is 36.4 Å². The van der Waals surface area contributed by atoms with Crippen LogP contribution in [0.3, 0.4) is 0 Å². The molecule has 0 bridgehead atoms. The number of allylic oxidation sites excluding steroid dienone is 2. The molecule has 0 aromatic heterocycles. The number of carbonyl (C=O) groups is 3. The van der Waals surface area contributed by atoms with Crippen LogP contribution in [0.4, 0.5) is 10.5 Å². The summed E-state index contributed by atoms with van der Waals surface area (Å²) in [6, 6.07) is 13.5. The monoisotopic (exact) mass is 421 g/mol. The van der Waals surface area contributed by atoms with E-state index in [0.29, 0.717) is 11.3 Å². The second-order valence-electron chi connectivity index (χ2n) is 7.97. The maximum Gasteiger partial charge on any atom is 0.414 e. The third-order valence-electron chi connectivity index (χ3n) is 4.12. The van der Waals surface area contributed by atoms with Gasteiger partial charge in [0.15, 0.2) is 11.6 Å². The molecule has 6 heteroatoms. The lowest BCUT2D eigenvalue weighted by atomic mass is 10.1. The molecule has 1 amide bonds. The van der Waals surface area contributed by atoms with E-state index >= 15 is 0 Å². The molecule has 0 spiro atoms. The van der Waals surface area contributed by atoms with Gasteiger partial charge in [0.2, 0.25) is 0 Å². The van der Waals surface area contributed by atoms with Crippen molar-refractivity contribution in [3.05, 3.63) is 71.8 Å². The highest BCUT2D eigenvalue weighted by Gasteiger charge is 2.21. The molecule has 0 aliphatic carbocycles. The van der Waals surface area contributed by atoms with E-state index in [-0.39, 0.29) is 23.7 Å². The molecule has 6 nitrogen and oxygen atoms in total. The maximum absolute atomic E-state index is 12.3. The Balaban J connectivity index is 2.03. The lowest BCUT2D eigenvalue weighted by Crippen LogP contribution is -2.34. The summed E-state index contributed by atoms with van der Waals surface area (Å²) in [6.07, 6.45) is 5.06. The Bertz CT molecular complexity index is 997. The molecular formula is C25H27NO5. The van der Waals surface area contributed by atoms with E-state index in [0.717, 1.165) is 5.56 Å². The van der Waals surface area contributed by atoms with Gasteiger partial charge in [0.1, 0.15) is 11.4 Å². The van der Waals surface area contributed by atoms with Crippen LogP contribution in [-0.2, 0) is 14.3 Å². The van der Waals surface area contributed by atoms with E-state index in [1.807, 2.05) is 0 Å². The highest BCUT2D eigenvalue weighted by atomic mass is 16.6. The number of rotatable bonds is 7. The number of para-hydroxylation sites is 1. The minimum atomic E-state index is -0.625. The molecule has 162 valence electrons. The van der Waals surface area contributed by atoms with Gasteiger partial charge in [-0.25, -0.2) is 4.79 Å². The fourth-order valence-electron chi connectivity index (χ4n) is 2.61. The Hall–Kier alpha value is -3.67. The summed E-state index contributed by atoms with van der Waals surface area (Å²) < 4.78 is 5.39. The normalized spacial score (nSPS) is 11.6. The molecule has 2 rings (SSSR count). The zero-order valence-corrected chi connectivity index (χ0v) is 18.2. The second kappa shape index (κ2) is 10.4. The fourth-order valence-corrected chi connectivity index (χ4v) is 2.61. The Morgan fingerprint density at radius 3 is 2.13 bits per heavy atom. The molecule has 0 aliphatic rings. The summed E-state index contributed by atoms with van der Waals surface area (Å²) in [5.41, 5.74) is 1.35. The van der Waals surface area contributed by atoms with Crippen LogP contribution >= 0.6 is 0 Å². The largest absolute Gasteiger partial charge is 0.508 e. The first-order chi connectivity index (χ1) is 14.5. The summed E-state index contributed by atoms with van der Waals surface area (Å²) in [6.45, 7) is 5.36. The zero-order chi connectivity index (χ0) is 23.0. The molecule has 2 aromatic rings. The predicted octanol–water partition coefficient (Wildman–Crippen LogP) is 5.02. The molecule has 0 saturated heterocycles. The van der Waals surface area contributed by atoms with Crippen molar-refractivity contribution in [2.24, 2.45) is 0 Å². The maximum atomic E-state index is 12.3. The first kappa shape index (κ1) is 23.6. The van der Waals surface area contributed by atoms with Gasteiger partial charge in [-0.05, 0) is 68.3 Å². The van der Waals surface area contributed by atoms with E-state index in [1.54, 1.807) is 76.4 Å². The van der Waals surface area contributed by atoms with Gasteiger partial charge >= 0.3 is 6.09 Å². The van der Waals surface area contributed by atoms with Crippen LogP contribution in [0.5, 0.6) is 5.75 Å². The van der Waals surface area contributed by atoms with Gasteiger partial charge in [-0.3, -0.25) is 14.5 Å². The summed E-state index contributed by atoms with van der Waals surface area (Å²) in [5.74, 6) is -0.543. The van der Waals surface area contributed by atoms with Crippen molar-refractivity contribution in [3.63, 3.8) is 0 Å². The third-order valence-corrected chi connectivity index (χ3v) is 4.12. The average Bonchev–Trinajstić information content (AvgIpc) is 2.70. The number of hydrogen-bond acceptors (Lipinski definition) is 5. The Morgan fingerprint density at radius 2 is 1.52 bits per heavy atom. The highest BCUT2D eigenvalue weighted by Crippen LogP contribution is 2.23. The predicted molar refractivity (Wildman–Crippen MR) is 122 cm³/mol. The first-order valence-corrected chi connectivity index (χ1v) is 9.82. The van der Waals surface area contributed by atoms with Crippen LogP contribution in [0, 0.1) is 0 Å². The molecular weight excluding hydrogens is 394 g/mol. The van der Waals surface area contributed by atoms with Crippen molar-refractivity contribution >= 4 is 35.5 Å². The number of aromatic hydroxyl groups is 1. The van der Waals surface area contributed by atoms with Gasteiger partial charge in [0.05, 0.1) is 12.1 Å². The van der Waals surface area contributed by atoms with Gasteiger partial charge in [-0.15, -0.1) is 0 Å². The van der Waals surface area contributed by atoms with Crippen molar-refractivity contribution in [1.82, 2.24) is 0 Å². The van der Waals surface area contributed by atoms with Crippen LogP contribution < -0.4 is 4.90 Å². The topological polar surface area (TPSA) is 83.9 Å². The number of phenolic OH excluding ortho intramolecular Hbond substituents is 1. The number of ketones is 2. The molecule has 0 radical (unpaired) electrons. The molecule has 0 fully saturated rings. The van der Waals surface area contributed by atoms with Crippen molar-refractivity contribution in [2.75, 3.05) is 11.9 Å². The van der Waals surface area contributed by atoms with Gasteiger partial charge in [-0.2, -0.15) is 0 Å². The minimum absolute atomic E-state index is 0.140. The SMILES string of the molecule is CN(C(=O)OC(C)(C)C)c1ccccc1/C=C/C(=O)CC(=O)/C=C/c1ccc(O)cc1. The number of anilines is 1. The van der Waals surface area contributed by atoms with Crippen molar-refractivity contribution in [2.45, 2.75) is 32.8 Å². The number of phenols is 1. The zero-order valence-electron chi connectivity index (χ0n) is 18.2. The van der Waals surface area contributed by atoms with Crippen LogP contribution in [-0.4, -0.2) is 35.4 Å². The van der Waals surface area contributed by atoms with Crippen LogP contribution in [0.15, 0.2) is 60.7 Å². The Kier molecular flexibility index (Phi) is 7.91. The average molecular weight is 421 g/mol. The Labute approximate surface area is 182 Å². The quantitative estimate of drug-likeness (QED) is 0.501. The summed E-state index contributed by atoms with van der Waals surface area (Å²) >= 11 is 0. The number of amides is 1. The van der Waals surface area contributed by atoms with Gasteiger partial charge in [0.25, 0.3) is 0 Å². The molecule has 0 aliphatic heterocycles. The Morgan fingerprint density at radius 1 is 0.935 bits per heavy atom. The number of ether oxygens (including phenoxy) is 1. The number of benzene rings is 2. The molecule has 0 unspecified atom stereocenters. The molecule has 0 atom stereocenters. The van der Waals surface area contributed by atoms with E-state index in [4.69, 9.17) is 4.74 Å². The van der Waals surface area contributed by atoms with E-state index in [2.05, 4.69) is 0 Å². The standard InChI is InChI=1S/C25H27NO5/c1-25(2,3)31-24(30)26(4)23-8-6-5-7-19(23)12-16-22(29)17-21(28)15-11-18-9-13-20(27)14-10-18/h5-16,27H,17H2,1-4H3/b15-11+,16-12+. The smallest absolute Gasteiger partial charge is 0.414 e. The molecule has 31 heavy (non-hydrogen) atoms. The fraction of sp³-hybridized carbons (Fsp3) is 0.240. The van der Waals surface area contributed by atoms with Crippen LogP contribution in [0.1, 0.15) is 38.3 Å².